The fourth-order valence-corrected chi connectivity index (χ4v) is 14.6. The molecule has 2 nitrogen and oxygen atoms in total. The van der Waals surface area contributed by atoms with Crippen LogP contribution in [-0.4, -0.2) is 9.97 Å². The van der Waals surface area contributed by atoms with Crippen molar-refractivity contribution >= 4 is 43.1 Å². The van der Waals surface area contributed by atoms with Crippen molar-refractivity contribution in [1.29, 1.82) is 0 Å². The molecule has 0 saturated heterocycles. The molecule has 14 aromatic rings. The van der Waals surface area contributed by atoms with Crippen molar-refractivity contribution in [2.75, 3.05) is 0 Å². The number of hydrogen-bond donors (Lipinski definition) is 0. The molecule has 0 spiro atoms. The van der Waals surface area contributed by atoms with Crippen LogP contribution in [0.25, 0.3) is 86.1 Å². The highest BCUT2D eigenvalue weighted by Crippen LogP contribution is 2.60. The van der Waals surface area contributed by atoms with E-state index in [-0.39, 0.29) is 0 Å². The van der Waals surface area contributed by atoms with E-state index < -0.39 is 10.8 Å². The summed E-state index contributed by atoms with van der Waals surface area (Å²) in [6.45, 7) is 0. The first kappa shape index (κ1) is 47.6. The van der Waals surface area contributed by atoms with E-state index in [1.807, 2.05) is 0 Å². The summed E-state index contributed by atoms with van der Waals surface area (Å²) in [5, 5.41) is 2.08. The first-order valence-electron chi connectivity index (χ1n) is 27.3. The Kier molecular flexibility index (Phi) is 11.7. The largest absolute Gasteiger partial charge is 0.236 e. The number of nitrogens with zero attached hydrogens (tertiary/aromatic N) is 2. The van der Waals surface area contributed by atoms with Crippen LogP contribution in [-0.2, 0) is 10.8 Å². The Morgan fingerprint density at radius 1 is 0.212 bits per heavy atom. The highest BCUT2D eigenvalue weighted by molar-refractivity contribution is 7.22. The van der Waals surface area contributed by atoms with Crippen molar-refractivity contribution in [2.24, 2.45) is 0 Å². The minimum absolute atomic E-state index is 0.640. The highest BCUT2D eigenvalue weighted by Gasteiger charge is 2.53. The first-order valence-corrected chi connectivity index (χ1v) is 28.9. The molecule has 0 bridgehead atoms. The van der Waals surface area contributed by atoms with Gasteiger partial charge in [0.05, 0.1) is 31.3 Å². The first-order chi connectivity index (χ1) is 39.6. The molecule has 1 aliphatic rings. The molecule has 0 saturated carbocycles. The zero-order chi connectivity index (χ0) is 53.0. The van der Waals surface area contributed by atoms with E-state index in [0.29, 0.717) is 0 Å². The van der Waals surface area contributed by atoms with Gasteiger partial charge in [-0.15, -0.1) is 22.7 Å². The third kappa shape index (κ3) is 7.90. The van der Waals surface area contributed by atoms with E-state index >= 15 is 0 Å². The molecule has 4 heteroatoms. The smallest absolute Gasteiger partial charge is 0.124 e. The molecule has 0 radical (unpaired) electrons. The standard InChI is InChI=1S/C76H50N2S2/c1-3-21-61(22-4-1)75(63-45-41-53(42-46-63)51-33-37-55(38-34-51)57-17-15-19-59(49-57)73-77-69-29-11-13-31-71(69)79-73)65-25-7-9-27-67(65)76(62-23-5-2-6-24-62,68-28-10-8-26-66(68)75)64-47-43-54(44-48-64)52-35-39-56(40-36-52)58-18-16-20-60(50-58)74-78-70-30-12-14-32-72(70)80-74/h1-50H. The molecule has 2 heterocycles. The third-order valence-corrected chi connectivity index (χ3v) is 18.6. The van der Waals surface area contributed by atoms with E-state index in [9.17, 15) is 0 Å². The molecular formula is C76H50N2S2. The van der Waals surface area contributed by atoms with Gasteiger partial charge in [0.15, 0.2) is 0 Å². The second-order valence-corrected chi connectivity index (χ2v) is 22.8. The van der Waals surface area contributed by atoms with E-state index in [2.05, 4.69) is 303 Å². The molecule has 0 aliphatic heterocycles. The number of fused-ring (bicyclic) bond motifs is 4. The molecule has 0 atom stereocenters. The van der Waals surface area contributed by atoms with E-state index in [1.54, 1.807) is 22.7 Å². The topological polar surface area (TPSA) is 25.8 Å². The maximum Gasteiger partial charge on any atom is 0.124 e. The summed E-state index contributed by atoms with van der Waals surface area (Å²) in [6, 6.07) is 112. The van der Waals surface area contributed by atoms with Crippen LogP contribution >= 0.6 is 22.7 Å². The van der Waals surface area contributed by atoms with E-state index in [1.165, 1.54) is 98.4 Å². The summed E-state index contributed by atoms with van der Waals surface area (Å²) in [6.07, 6.45) is 0. The van der Waals surface area contributed by atoms with Gasteiger partial charge in [0.2, 0.25) is 0 Å². The number of thiazole rings is 2. The molecule has 0 N–H and O–H groups in total. The van der Waals surface area contributed by atoms with Gasteiger partial charge in [-0.1, -0.05) is 267 Å². The molecular weight excluding hydrogens is 1000 g/mol. The van der Waals surface area contributed by atoms with Crippen LogP contribution in [0, 0.1) is 0 Å². The lowest BCUT2D eigenvalue weighted by atomic mass is 9.50. The van der Waals surface area contributed by atoms with Gasteiger partial charge in [-0.05, 0) is 125 Å². The lowest BCUT2D eigenvalue weighted by Crippen LogP contribution is -2.45. The Bertz CT molecular complexity index is 4150. The molecule has 15 rings (SSSR count). The van der Waals surface area contributed by atoms with Gasteiger partial charge in [-0.25, -0.2) is 9.97 Å². The van der Waals surface area contributed by atoms with Gasteiger partial charge in [-0.3, -0.25) is 0 Å². The average molecular weight is 1060 g/mol. The van der Waals surface area contributed by atoms with Crippen LogP contribution in [0.2, 0.25) is 0 Å². The molecule has 0 amide bonds. The van der Waals surface area contributed by atoms with Gasteiger partial charge in [0.25, 0.3) is 0 Å². The van der Waals surface area contributed by atoms with Crippen molar-refractivity contribution in [1.82, 2.24) is 9.97 Å². The lowest BCUT2D eigenvalue weighted by molar-refractivity contribution is 0.615. The Morgan fingerprint density at radius 3 is 0.838 bits per heavy atom. The summed E-state index contributed by atoms with van der Waals surface area (Å²) in [7, 11) is 0. The zero-order valence-corrected chi connectivity index (χ0v) is 45.2. The maximum atomic E-state index is 4.95. The monoisotopic (exact) mass is 1050 g/mol. The molecule has 1 aliphatic carbocycles. The predicted octanol–water partition coefficient (Wildman–Crippen LogP) is 20.0. The Hall–Kier alpha value is -9.58. The van der Waals surface area contributed by atoms with Gasteiger partial charge < -0.3 is 0 Å². The third-order valence-electron chi connectivity index (χ3n) is 16.4. The van der Waals surface area contributed by atoms with Crippen molar-refractivity contribution in [2.45, 2.75) is 10.8 Å². The lowest BCUT2D eigenvalue weighted by Gasteiger charge is -2.51. The van der Waals surface area contributed by atoms with Gasteiger partial charge >= 0.3 is 0 Å². The van der Waals surface area contributed by atoms with Crippen LogP contribution in [0.15, 0.2) is 303 Å². The quantitative estimate of drug-likeness (QED) is 0.136. The van der Waals surface area contributed by atoms with Gasteiger partial charge in [-0.2, -0.15) is 0 Å². The van der Waals surface area contributed by atoms with Crippen molar-refractivity contribution in [3.05, 3.63) is 348 Å². The predicted molar refractivity (Wildman–Crippen MR) is 336 cm³/mol. The maximum absolute atomic E-state index is 4.95. The Morgan fingerprint density at radius 2 is 0.487 bits per heavy atom. The van der Waals surface area contributed by atoms with Crippen LogP contribution in [0.1, 0.15) is 44.5 Å². The molecule has 80 heavy (non-hydrogen) atoms. The number of benzene rings is 12. The van der Waals surface area contributed by atoms with E-state index in [0.717, 1.165) is 32.2 Å². The fraction of sp³-hybridized carbons (Fsp3) is 0.0263. The minimum Gasteiger partial charge on any atom is -0.236 e. The summed E-state index contributed by atoms with van der Waals surface area (Å²) >= 11 is 3.48. The van der Waals surface area contributed by atoms with Gasteiger partial charge in [0, 0.05) is 11.1 Å². The minimum atomic E-state index is -0.640. The van der Waals surface area contributed by atoms with Gasteiger partial charge in [0.1, 0.15) is 10.0 Å². The molecule has 0 fully saturated rings. The van der Waals surface area contributed by atoms with Crippen molar-refractivity contribution in [3.63, 3.8) is 0 Å². The number of aromatic nitrogens is 2. The van der Waals surface area contributed by atoms with Crippen LogP contribution in [0.3, 0.4) is 0 Å². The summed E-state index contributed by atoms with van der Waals surface area (Å²) in [5.74, 6) is 0. The summed E-state index contributed by atoms with van der Waals surface area (Å²) in [4.78, 5) is 9.89. The molecule has 2 aromatic heterocycles. The summed E-state index contributed by atoms with van der Waals surface area (Å²) in [5.41, 5.74) is 22.5. The zero-order valence-electron chi connectivity index (χ0n) is 43.6. The normalized spacial score (nSPS) is 15.6. The Balaban J connectivity index is 0.798. The highest BCUT2D eigenvalue weighted by atomic mass is 32.1. The van der Waals surface area contributed by atoms with Crippen LogP contribution in [0.4, 0.5) is 0 Å². The van der Waals surface area contributed by atoms with E-state index in [4.69, 9.17) is 9.97 Å². The molecule has 376 valence electrons. The summed E-state index contributed by atoms with van der Waals surface area (Å²) < 4.78 is 2.41. The van der Waals surface area contributed by atoms with Crippen LogP contribution < -0.4 is 0 Å². The second-order valence-electron chi connectivity index (χ2n) is 20.8. The SMILES string of the molecule is c1ccc(C2(c3ccc(-c4ccc(-c5cccc(-c6nc7ccccc7s6)c5)cc4)cc3)c3ccccc3C(c3ccccc3)(c3ccc(-c4ccc(-c5cccc(-c6nc7ccccc7s6)c5)cc4)cc3)c3ccccc32)cc1. The average Bonchev–Trinajstić information content (AvgIpc) is 3.30. The molecule has 12 aromatic carbocycles. The Labute approximate surface area is 474 Å². The number of para-hydroxylation sites is 2. The van der Waals surface area contributed by atoms with Crippen molar-refractivity contribution < 1.29 is 0 Å². The second kappa shape index (κ2) is 19.7. The molecule has 0 unspecified atom stereocenters. The van der Waals surface area contributed by atoms with Crippen molar-refractivity contribution in [3.8, 4) is 65.6 Å². The fourth-order valence-electron chi connectivity index (χ4n) is 12.7. The number of hydrogen-bond acceptors (Lipinski definition) is 4. The number of rotatable bonds is 10. The van der Waals surface area contributed by atoms with Crippen LogP contribution in [0.5, 0.6) is 0 Å².